The van der Waals surface area contributed by atoms with Gasteiger partial charge in [-0.3, -0.25) is 15.2 Å². The molecule has 1 atom stereocenters. The van der Waals surface area contributed by atoms with Crippen molar-refractivity contribution in [1.29, 1.82) is 5.41 Å². The minimum absolute atomic E-state index is 0.280. The molecule has 0 bridgehead atoms. The van der Waals surface area contributed by atoms with Crippen molar-refractivity contribution in [3.8, 4) is 0 Å². The zero-order valence-electron chi connectivity index (χ0n) is 9.29. The van der Waals surface area contributed by atoms with E-state index >= 15 is 0 Å². The van der Waals surface area contributed by atoms with Crippen LogP contribution >= 0.6 is 0 Å². The zero-order chi connectivity index (χ0) is 10.6. The Morgan fingerprint density at radius 2 is 1.93 bits per heavy atom. The minimum atomic E-state index is 0.280. The normalized spacial score (nSPS) is 22.1. The van der Waals surface area contributed by atoms with Crippen molar-refractivity contribution in [3.05, 3.63) is 0 Å². The van der Waals surface area contributed by atoms with E-state index in [9.17, 15) is 0 Å². The van der Waals surface area contributed by atoms with Crippen LogP contribution in [0, 0.1) is 5.41 Å². The van der Waals surface area contributed by atoms with Gasteiger partial charge in [0.2, 0.25) is 0 Å². The first-order valence-corrected chi connectivity index (χ1v) is 5.42. The van der Waals surface area contributed by atoms with E-state index in [2.05, 4.69) is 23.6 Å². The number of rotatable bonds is 4. The first kappa shape index (κ1) is 11.5. The lowest BCUT2D eigenvalue weighted by Crippen LogP contribution is -2.51. The molecule has 0 aromatic heterocycles. The summed E-state index contributed by atoms with van der Waals surface area (Å²) in [7, 11) is 0. The first-order valence-electron chi connectivity index (χ1n) is 5.42. The number of piperazine rings is 1. The molecule has 4 heteroatoms. The molecule has 0 aromatic carbocycles. The SMILES string of the molecule is CCC(C)N1CCN(CC(=N)N)CC1. The van der Waals surface area contributed by atoms with E-state index in [0.29, 0.717) is 12.6 Å². The van der Waals surface area contributed by atoms with Crippen molar-refractivity contribution >= 4 is 5.84 Å². The van der Waals surface area contributed by atoms with Crippen molar-refractivity contribution in [1.82, 2.24) is 9.80 Å². The molecule has 1 aliphatic heterocycles. The van der Waals surface area contributed by atoms with Crippen LogP contribution in [0.25, 0.3) is 0 Å². The van der Waals surface area contributed by atoms with Crippen LogP contribution in [0.2, 0.25) is 0 Å². The Labute approximate surface area is 86.6 Å². The molecule has 1 aliphatic rings. The Hall–Kier alpha value is -0.610. The van der Waals surface area contributed by atoms with Crippen molar-refractivity contribution in [2.75, 3.05) is 32.7 Å². The van der Waals surface area contributed by atoms with E-state index in [1.54, 1.807) is 0 Å². The summed E-state index contributed by atoms with van der Waals surface area (Å²) in [5, 5.41) is 7.22. The molecule has 82 valence electrons. The molecule has 0 amide bonds. The lowest BCUT2D eigenvalue weighted by Gasteiger charge is -2.37. The second-order valence-corrected chi connectivity index (χ2v) is 4.09. The largest absolute Gasteiger partial charge is 0.387 e. The Bertz CT molecular complexity index is 185. The summed E-state index contributed by atoms with van der Waals surface area (Å²) in [6.45, 7) is 9.46. The first-order chi connectivity index (χ1) is 6.63. The van der Waals surface area contributed by atoms with E-state index in [4.69, 9.17) is 11.1 Å². The lowest BCUT2D eigenvalue weighted by molar-refractivity contribution is 0.110. The Kier molecular flexibility index (Phi) is 4.35. The third kappa shape index (κ3) is 3.27. The summed E-state index contributed by atoms with van der Waals surface area (Å²) in [5.74, 6) is 0.280. The lowest BCUT2D eigenvalue weighted by atomic mass is 10.2. The number of nitrogens with zero attached hydrogens (tertiary/aromatic N) is 2. The number of nitrogens with two attached hydrogens (primary N) is 1. The van der Waals surface area contributed by atoms with E-state index in [-0.39, 0.29) is 5.84 Å². The summed E-state index contributed by atoms with van der Waals surface area (Å²) in [4.78, 5) is 4.76. The fourth-order valence-electron chi connectivity index (χ4n) is 1.86. The van der Waals surface area contributed by atoms with Crippen LogP contribution in [-0.4, -0.2) is 54.4 Å². The molecule has 1 unspecified atom stereocenters. The quantitative estimate of drug-likeness (QED) is 0.506. The third-order valence-electron chi connectivity index (χ3n) is 3.02. The standard InChI is InChI=1S/C10H22N4/c1-3-9(2)14-6-4-13(5-7-14)8-10(11)12/h9H,3-8H2,1-2H3,(H3,11,12). The molecule has 4 nitrogen and oxygen atoms in total. The van der Waals surface area contributed by atoms with Crippen molar-refractivity contribution in [2.45, 2.75) is 26.3 Å². The summed E-state index contributed by atoms with van der Waals surface area (Å²) in [6.07, 6.45) is 1.21. The molecule has 0 aromatic rings. The highest BCUT2D eigenvalue weighted by Crippen LogP contribution is 2.07. The monoisotopic (exact) mass is 198 g/mol. The predicted octanol–water partition coefficient (Wildman–Crippen LogP) is 0.338. The van der Waals surface area contributed by atoms with Crippen LogP contribution in [-0.2, 0) is 0 Å². The molecule has 0 spiro atoms. The fourth-order valence-corrected chi connectivity index (χ4v) is 1.86. The van der Waals surface area contributed by atoms with Gasteiger partial charge in [0.1, 0.15) is 5.84 Å². The molecule has 1 heterocycles. The summed E-state index contributed by atoms with van der Waals surface area (Å²) in [6, 6.07) is 0.689. The van der Waals surface area contributed by atoms with Gasteiger partial charge in [-0.15, -0.1) is 0 Å². The van der Waals surface area contributed by atoms with Gasteiger partial charge >= 0.3 is 0 Å². The molecule has 0 aliphatic carbocycles. The molecule has 1 rings (SSSR count). The van der Waals surface area contributed by atoms with Gasteiger partial charge in [0.15, 0.2) is 0 Å². The summed E-state index contributed by atoms with van der Waals surface area (Å²) in [5.41, 5.74) is 5.37. The van der Waals surface area contributed by atoms with Gasteiger partial charge in [-0.05, 0) is 13.3 Å². The van der Waals surface area contributed by atoms with E-state index < -0.39 is 0 Å². The molecular weight excluding hydrogens is 176 g/mol. The maximum Gasteiger partial charge on any atom is 0.105 e. The van der Waals surface area contributed by atoms with Gasteiger partial charge in [-0.2, -0.15) is 0 Å². The van der Waals surface area contributed by atoms with Gasteiger partial charge in [-0.25, -0.2) is 0 Å². The van der Waals surface area contributed by atoms with E-state index in [0.717, 1.165) is 26.2 Å². The van der Waals surface area contributed by atoms with Gasteiger partial charge in [0.05, 0.1) is 6.54 Å². The molecule has 3 N–H and O–H groups in total. The van der Waals surface area contributed by atoms with Gasteiger partial charge in [0, 0.05) is 32.2 Å². The highest BCUT2D eigenvalue weighted by molar-refractivity contribution is 5.78. The van der Waals surface area contributed by atoms with E-state index in [1.807, 2.05) is 0 Å². The van der Waals surface area contributed by atoms with Gasteiger partial charge < -0.3 is 5.73 Å². The third-order valence-corrected chi connectivity index (χ3v) is 3.02. The van der Waals surface area contributed by atoms with Crippen LogP contribution in [0.1, 0.15) is 20.3 Å². The van der Waals surface area contributed by atoms with Crippen LogP contribution in [0.15, 0.2) is 0 Å². The number of amidine groups is 1. The number of hydrogen-bond acceptors (Lipinski definition) is 3. The van der Waals surface area contributed by atoms with Crippen LogP contribution in [0.3, 0.4) is 0 Å². The molecule has 14 heavy (non-hydrogen) atoms. The average Bonchev–Trinajstić information content (AvgIpc) is 2.17. The van der Waals surface area contributed by atoms with Crippen LogP contribution in [0.5, 0.6) is 0 Å². The van der Waals surface area contributed by atoms with Crippen molar-refractivity contribution in [3.63, 3.8) is 0 Å². The highest BCUT2D eigenvalue weighted by Gasteiger charge is 2.19. The Balaban J connectivity index is 2.27. The topological polar surface area (TPSA) is 56.4 Å². The summed E-state index contributed by atoms with van der Waals surface area (Å²) < 4.78 is 0. The predicted molar refractivity (Wildman–Crippen MR) is 59.7 cm³/mol. The minimum Gasteiger partial charge on any atom is -0.387 e. The van der Waals surface area contributed by atoms with E-state index in [1.165, 1.54) is 6.42 Å². The maximum atomic E-state index is 7.22. The maximum absolute atomic E-state index is 7.22. The molecule has 1 fully saturated rings. The molecule has 0 saturated carbocycles. The fraction of sp³-hybridized carbons (Fsp3) is 0.900. The van der Waals surface area contributed by atoms with Gasteiger partial charge in [0.25, 0.3) is 0 Å². The van der Waals surface area contributed by atoms with Crippen molar-refractivity contribution in [2.24, 2.45) is 5.73 Å². The average molecular weight is 198 g/mol. The van der Waals surface area contributed by atoms with Crippen LogP contribution in [0.4, 0.5) is 0 Å². The zero-order valence-corrected chi connectivity index (χ0v) is 9.29. The highest BCUT2D eigenvalue weighted by atomic mass is 15.3. The number of nitrogens with one attached hydrogen (secondary N) is 1. The second-order valence-electron chi connectivity index (χ2n) is 4.09. The van der Waals surface area contributed by atoms with Gasteiger partial charge in [-0.1, -0.05) is 6.92 Å². The Morgan fingerprint density at radius 3 is 2.36 bits per heavy atom. The molecule has 1 saturated heterocycles. The molecular formula is C10H22N4. The van der Waals surface area contributed by atoms with Crippen molar-refractivity contribution < 1.29 is 0 Å². The Morgan fingerprint density at radius 1 is 1.36 bits per heavy atom. The second kappa shape index (κ2) is 5.32. The molecule has 0 radical (unpaired) electrons. The number of hydrogen-bond donors (Lipinski definition) is 2. The smallest absolute Gasteiger partial charge is 0.105 e. The van der Waals surface area contributed by atoms with Crippen LogP contribution < -0.4 is 5.73 Å². The summed E-state index contributed by atoms with van der Waals surface area (Å²) >= 11 is 0.